The van der Waals surface area contributed by atoms with Crippen molar-refractivity contribution in [2.75, 3.05) is 0 Å². The van der Waals surface area contributed by atoms with Crippen LogP contribution in [0.3, 0.4) is 0 Å². The topological polar surface area (TPSA) is 0 Å². The maximum absolute atomic E-state index is 2.54. The Kier molecular flexibility index (Phi) is 0.906. The van der Waals surface area contributed by atoms with Crippen LogP contribution in [-0.4, -0.2) is 0 Å². The highest BCUT2D eigenvalue weighted by Gasteiger charge is 2.72. The van der Waals surface area contributed by atoms with Crippen LogP contribution in [0.2, 0.25) is 0 Å². The van der Waals surface area contributed by atoms with E-state index in [0.29, 0.717) is 0 Å². The van der Waals surface area contributed by atoms with Crippen LogP contribution >= 0.6 is 0 Å². The summed E-state index contributed by atoms with van der Waals surface area (Å²) in [6.07, 6.45) is 3.10. The van der Waals surface area contributed by atoms with E-state index in [-0.39, 0.29) is 0 Å². The van der Waals surface area contributed by atoms with Crippen LogP contribution in [-0.2, 0) is 0 Å². The first-order valence-corrected chi connectivity index (χ1v) is 5.15. The third kappa shape index (κ3) is 0.443. The molecule has 3 fully saturated rings. The molecule has 6 unspecified atom stereocenters. The van der Waals surface area contributed by atoms with Gasteiger partial charge in [0.2, 0.25) is 0 Å². The van der Waals surface area contributed by atoms with E-state index < -0.39 is 0 Å². The van der Waals surface area contributed by atoms with Gasteiger partial charge in [-0.1, -0.05) is 20.8 Å². The second-order valence-corrected chi connectivity index (χ2v) is 5.51. The summed E-state index contributed by atoms with van der Waals surface area (Å²) in [4.78, 5) is 0. The highest BCUT2D eigenvalue weighted by molar-refractivity contribution is 5.20. The molecule has 0 radical (unpaired) electrons. The lowest BCUT2D eigenvalue weighted by Crippen LogP contribution is -2.72. The van der Waals surface area contributed by atoms with Crippen molar-refractivity contribution in [3.05, 3.63) is 0 Å². The van der Waals surface area contributed by atoms with Crippen molar-refractivity contribution < 1.29 is 0 Å². The first-order valence-electron chi connectivity index (χ1n) is 5.15. The highest BCUT2D eigenvalue weighted by Crippen LogP contribution is 2.78. The predicted molar refractivity (Wildman–Crippen MR) is 46.1 cm³/mol. The Morgan fingerprint density at radius 1 is 1.18 bits per heavy atom. The van der Waals surface area contributed by atoms with Crippen molar-refractivity contribution in [1.29, 1.82) is 0 Å². The second-order valence-electron chi connectivity index (χ2n) is 5.51. The fourth-order valence-corrected chi connectivity index (χ4v) is 4.62. The normalized spacial score (nSPS) is 71.7. The van der Waals surface area contributed by atoms with Crippen LogP contribution in [0.1, 0.15) is 33.6 Å². The van der Waals surface area contributed by atoms with E-state index >= 15 is 0 Å². The maximum atomic E-state index is 2.54. The standard InChI is InChI=1S/C11H18/c1-6-4-8-9-5-7(2)11(9,3)10(6)8/h6-10H,4-5H2,1-3H3. The van der Waals surface area contributed by atoms with Crippen LogP contribution in [0.15, 0.2) is 0 Å². The minimum Gasteiger partial charge on any atom is -0.0622 e. The van der Waals surface area contributed by atoms with Gasteiger partial charge in [-0.25, -0.2) is 0 Å². The molecule has 0 aromatic carbocycles. The summed E-state index contributed by atoms with van der Waals surface area (Å²) in [6, 6.07) is 0. The summed E-state index contributed by atoms with van der Waals surface area (Å²) in [5.41, 5.74) is 0.808. The molecular weight excluding hydrogens is 132 g/mol. The van der Waals surface area contributed by atoms with Crippen LogP contribution in [0.25, 0.3) is 0 Å². The smallest absolute Gasteiger partial charge is 0.0235 e. The van der Waals surface area contributed by atoms with Crippen LogP contribution in [0, 0.1) is 35.0 Å². The molecule has 0 aromatic heterocycles. The lowest BCUT2D eigenvalue weighted by Gasteiger charge is -2.78. The van der Waals surface area contributed by atoms with Crippen LogP contribution in [0.4, 0.5) is 0 Å². The largest absolute Gasteiger partial charge is 0.0622 e. The number of fused-ring (bicyclic) bond motifs is 4. The first-order chi connectivity index (χ1) is 5.15. The van der Waals surface area contributed by atoms with Gasteiger partial charge < -0.3 is 0 Å². The molecule has 3 aliphatic carbocycles. The van der Waals surface area contributed by atoms with Crippen molar-refractivity contribution in [1.82, 2.24) is 0 Å². The molecule has 0 saturated heterocycles. The molecule has 6 atom stereocenters. The summed E-state index contributed by atoms with van der Waals surface area (Å²) in [5, 5.41) is 0. The molecule has 11 heavy (non-hydrogen) atoms. The van der Waals surface area contributed by atoms with Gasteiger partial charge in [0.25, 0.3) is 0 Å². The van der Waals surface area contributed by atoms with Crippen molar-refractivity contribution in [2.24, 2.45) is 35.0 Å². The average Bonchev–Trinajstić information content (AvgIpc) is 1.95. The monoisotopic (exact) mass is 150 g/mol. The quantitative estimate of drug-likeness (QED) is 0.498. The van der Waals surface area contributed by atoms with E-state index in [1.807, 2.05) is 0 Å². The van der Waals surface area contributed by atoms with E-state index in [0.717, 1.165) is 29.1 Å². The Labute approximate surface area is 69.4 Å². The number of hydrogen-bond donors (Lipinski definition) is 0. The number of hydrogen-bond acceptors (Lipinski definition) is 0. The van der Waals surface area contributed by atoms with E-state index in [4.69, 9.17) is 0 Å². The highest BCUT2D eigenvalue weighted by atomic mass is 14.8. The maximum Gasteiger partial charge on any atom is -0.0235 e. The molecule has 3 saturated carbocycles. The molecule has 0 spiro atoms. The van der Waals surface area contributed by atoms with E-state index in [1.54, 1.807) is 12.8 Å². The molecule has 0 amide bonds. The molecule has 0 N–H and O–H groups in total. The Morgan fingerprint density at radius 3 is 2.36 bits per heavy atom. The van der Waals surface area contributed by atoms with Gasteiger partial charge in [0.05, 0.1) is 0 Å². The van der Waals surface area contributed by atoms with E-state index in [9.17, 15) is 0 Å². The summed E-state index contributed by atoms with van der Waals surface area (Å²) < 4.78 is 0. The fourth-order valence-electron chi connectivity index (χ4n) is 4.62. The third-order valence-electron chi connectivity index (χ3n) is 5.42. The lowest BCUT2D eigenvalue weighted by atomic mass is 9.27. The number of rotatable bonds is 0. The molecule has 3 rings (SSSR count). The molecule has 62 valence electrons. The summed E-state index contributed by atoms with van der Waals surface area (Å²) in [6.45, 7) is 7.45. The van der Waals surface area contributed by atoms with Crippen molar-refractivity contribution in [3.8, 4) is 0 Å². The molecule has 0 aliphatic heterocycles. The molecule has 0 bridgehead atoms. The summed E-state index contributed by atoms with van der Waals surface area (Å²) in [5.74, 6) is 5.56. The Morgan fingerprint density at radius 2 is 1.91 bits per heavy atom. The summed E-state index contributed by atoms with van der Waals surface area (Å²) in [7, 11) is 0. The molecule has 0 aromatic rings. The van der Waals surface area contributed by atoms with Crippen molar-refractivity contribution in [2.45, 2.75) is 33.6 Å². The van der Waals surface area contributed by atoms with Crippen molar-refractivity contribution in [3.63, 3.8) is 0 Å². The fraction of sp³-hybridized carbons (Fsp3) is 1.00. The van der Waals surface area contributed by atoms with Gasteiger partial charge in [-0.05, 0) is 47.8 Å². The molecule has 0 heterocycles. The zero-order valence-electron chi connectivity index (χ0n) is 7.80. The van der Waals surface area contributed by atoms with Crippen molar-refractivity contribution >= 4 is 0 Å². The summed E-state index contributed by atoms with van der Waals surface area (Å²) >= 11 is 0. The molecular formula is C11H18. The SMILES string of the molecule is CC1CC2C3CC(C)C3(C)C12. The molecule has 0 nitrogen and oxygen atoms in total. The lowest BCUT2D eigenvalue weighted by molar-refractivity contribution is -0.301. The average molecular weight is 150 g/mol. The van der Waals surface area contributed by atoms with Gasteiger partial charge in [-0.3, -0.25) is 0 Å². The van der Waals surface area contributed by atoms with Gasteiger partial charge >= 0.3 is 0 Å². The van der Waals surface area contributed by atoms with E-state index in [1.165, 1.54) is 5.92 Å². The zero-order chi connectivity index (χ0) is 7.80. The Balaban J connectivity index is 1.88. The predicted octanol–water partition coefficient (Wildman–Crippen LogP) is 2.93. The van der Waals surface area contributed by atoms with Crippen LogP contribution < -0.4 is 0 Å². The van der Waals surface area contributed by atoms with E-state index in [2.05, 4.69) is 20.8 Å². The minimum absolute atomic E-state index is 0.808. The minimum atomic E-state index is 0.808. The zero-order valence-corrected chi connectivity index (χ0v) is 7.80. The van der Waals surface area contributed by atoms with Gasteiger partial charge in [-0.2, -0.15) is 0 Å². The van der Waals surface area contributed by atoms with Crippen LogP contribution in [0.5, 0.6) is 0 Å². The van der Waals surface area contributed by atoms with Gasteiger partial charge in [0, 0.05) is 0 Å². The van der Waals surface area contributed by atoms with Gasteiger partial charge in [0.15, 0.2) is 0 Å². The Hall–Kier alpha value is 0. The first kappa shape index (κ1) is 6.51. The molecule has 3 aliphatic rings. The Bertz CT molecular complexity index is 208. The van der Waals surface area contributed by atoms with Gasteiger partial charge in [0.1, 0.15) is 0 Å². The van der Waals surface area contributed by atoms with Gasteiger partial charge in [-0.15, -0.1) is 0 Å². The molecule has 0 heteroatoms. The second kappa shape index (κ2) is 1.53. The third-order valence-corrected chi connectivity index (χ3v) is 5.42.